The van der Waals surface area contributed by atoms with Crippen molar-refractivity contribution in [1.82, 2.24) is 20.3 Å². The van der Waals surface area contributed by atoms with E-state index >= 15 is 0 Å². The Balaban J connectivity index is 1.14. The van der Waals surface area contributed by atoms with Gasteiger partial charge < -0.3 is 20.1 Å². The number of aryl methyl sites for hydroxylation is 3. The highest BCUT2D eigenvalue weighted by molar-refractivity contribution is 6.40. The number of ether oxygens (including phenoxy) is 1. The first-order valence-corrected chi connectivity index (χ1v) is 14.3. The molecule has 2 aromatic carbocycles. The van der Waals surface area contributed by atoms with E-state index in [1.165, 1.54) is 30.4 Å². The Labute approximate surface area is 248 Å². The van der Waals surface area contributed by atoms with Crippen molar-refractivity contribution in [3.63, 3.8) is 0 Å². The maximum absolute atomic E-state index is 13.0. The van der Waals surface area contributed by atoms with Crippen LogP contribution in [0, 0.1) is 0 Å². The predicted molar refractivity (Wildman–Crippen MR) is 158 cm³/mol. The number of benzene rings is 2. The standard InChI is InChI=1S/C31H30Cl2N4O4/c32-24-15-21(28-17-34-18-35-28)16-25(33)29(24)30(38)37-27(31(39)40)14-19-7-11-23(12-8-19)41-13-3-5-22-10-9-20-4-1-2-6-26(20)36-22/h7-12,15-18,27H,1-6,13-14H2,(H,34,35)(H,37,38)(H,39,40)/t27-/m0/s1. The lowest BCUT2D eigenvalue weighted by atomic mass is 9.95. The number of H-pyrrole nitrogens is 1. The highest BCUT2D eigenvalue weighted by atomic mass is 35.5. The molecule has 41 heavy (non-hydrogen) atoms. The van der Waals surface area contributed by atoms with Crippen molar-refractivity contribution in [3.8, 4) is 17.0 Å². The Morgan fingerprint density at radius 1 is 1.05 bits per heavy atom. The zero-order valence-electron chi connectivity index (χ0n) is 22.3. The van der Waals surface area contributed by atoms with Gasteiger partial charge >= 0.3 is 5.97 Å². The first-order chi connectivity index (χ1) is 19.9. The molecule has 2 aromatic heterocycles. The molecule has 0 saturated heterocycles. The minimum Gasteiger partial charge on any atom is -0.494 e. The average Bonchev–Trinajstić information content (AvgIpc) is 3.51. The number of nitrogens with one attached hydrogen (secondary N) is 2. The van der Waals surface area contributed by atoms with Gasteiger partial charge in [0, 0.05) is 23.4 Å². The second-order valence-corrected chi connectivity index (χ2v) is 10.9. The number of carbonyl (C=O) groups excluding carboxylic acids is 1. The van der Waals surface area contributed by atoms with Crippen LogP contribution in [0.25, 0.3) is 11.3 Å². The van der Waals surface area contributed by atoms with Gasteiger partial charge in [-0.2, -0.15) is 0 Å². The van der Waals surface area contributed by atoms with Gasteiger partial charge in [0.25, 0.3) is 5.91 Å². The number of fused-ring (bicyclic) bond motifs is 1. The van der Waals surface area contributed by atoms with E-state index in [4.69, 9.17) is 32.9 Å². The molecule has 0 radical (unpaired) electrons. The van der Waals surface area contributed by atoms with Crippen molar-refractivity contribution in [2.24, 2.45) is 0 Å². The number of imidazole rings is 1. The quantitative estimate of drug-likeness (QED) is 0.181. The minimum absolute atomic E-state index is 0.0113. The number of aliphatic carboxylic acids is 1. The molecule has 0 unspecified atom stereocenters. The number of carbonyl (C=O) groups is 2. The summed E-state index contributed by atoms with van der Waals surface area (Å²) in [5, 5.41) is 12.5. The Morgan fingerprint density at radius 2 is 1.80 bits per heavy atom. The van der Waals surface area contributed by atoms with Crippen LogP contribution < -0.4 is 10.1 Å². The number of pyridine rings is 1. The molecule has 1 amide bonds. The van der Waals surface area contributed by atoms with Gasteiger partial charge in [0.1, 0.15) is 11.8 Å². The molecule has 1 aliphatic carbocycles. The second kappa shape index (κ2) is 13.2. The molecule has 0 aliphatic heterocycles. The van der Waals surface area contributed by atoms with E-state index < -0.39 is 17.9 Å². The number of carboxylic acids is 1. The number of hydrogen-bond acceptors (Lipinski definition) is 5. The largest absolute Gasteiger partial charge is 0.494 e. The zero-order chi connectivity index (χ0) is 28.8. The third-order valence-electron chi connectivity index (χ3n) is 7.13. The fraction of sp³-hybridized carbons (Fsp3) is 0.290. The van der Waals surface area contributed by atoms with E-state index in [-0.39, 0.29) is 22.0 Å². The van der Waals surface area contributed by atoms with Gasteiger partial charge in [-0.25, -0.2) is 9.78 Å². The Kier molecular flexibility index (Phi) is 9.21. The fourth-order valence-electron chi connectivity index (χ4n) is 4.96. The number of nitrogens with zero attached hydrogens (tertiary/aromatic N) is 2. The molecular formula is C31H30Cl2N4O4. The van der Waals surface area contributed by atoms with Gasteiger partial charge in [0.05, 0.1) is 40.4 Å². The number of aromatic nitrogens is 3. The molecule has 1 aliphatic rings. The SMILES string of the molecule is O=C(N[C@@H](Cc1ccc(OCCCc2ccc3c(n2)CCCC3)cc1)C(=O)O)c1c(Cl)cc(-c2cnc[nH]2)cc1Cl. The Bertz CT molecular complexity index is 1500. The van der Waals surface area contributed by atoms with Crippen molar-refractivity contribution in [3.05, 3.63) is 99.2 Å². The van der Waals surface area contributed by atoms with Crippen LogP contribution in [0.3, 0.4) is 0 Å². The van der Waals surface area contributed by atoms with Crippen molar-refractivity contribution < 1.29 is 19.4 Å². The average molecular weight is 594 g/mol. The van der Waals surface area contributed by atoms with Crippen LogP contribution in [0.5, 0.6) is 5.75 Å². The molecule has 2 heterocycles. The summed E-state index contributed by atoms with van der Waals surface area (Å²) in [5.41, 5.74) is 5.81. The molecule has 0 saturated carbocycles. The predicted octanol–water partition coefficient (Wildman–Crippen LogP) is 6.09. The Morgan fingerprint density at radius 3 is 2.51 bits per heavy atom. The topological polar surface area (TPSA) is 117 Å². The van der Waals surface area contributed by atoms with Crippen molar-refractivity contribution in [1.29, 1.82) is 0 Å². The van der Waals surface area contributed by atoms with Gasteiger partial charge in [-0.3, -0.25) is 9.78 Å². The van der Waals surface area contributed by atoms with Crippen LogP contribution in [0.2, 0.25) is 10.0 Å². The van der Waals surface area contributed by atoms with Crippen LogP contribution in [0.1, 0.15) is 52.1 Å². The summed E-state index contributed by atoms with van der Waals surface area (Å²) in [5.74, 6) is -1.15. The summed E-state index contributed by atoms with van der Waals surface area (Å²) in [4.78, 5) is 36.7. The third-order valence-corrected chi connectivity index (χ3v) is 7.72. The van der Waals surface area contributed by atoms with Crippen molar-refractivity contribution in [2.45, 2.75) is 51.0 Å². The maximum atomic E-state index is 13.0. The Hall–Kier alpha value is -3.88. The molecule has 10 heteroatoms. The third kappa shape index (κ3) is 7.26. The first kappa shape index (κ1) is 28.6. The lowest BCUT2D eigenvalue weighted by molar-refractivity contribution is -0.139. The van der Waals surface area contributed by atoms with Gasteiger partial charge in [-0.15, -0.1) is 0 Å². The summed E-state index contributed by atoms with van der Waals surface area (Å²) in [6.45, 7) is 0.548. The zero-order valence-corrected chi connectivity index (χ0v) is 23.8. The van der Waals surface area contributed by atoms with Crippen LogP contribution >= 0.6 is 23.2 Å². The van der Waals surface area contributed by atoms with E-state index in [0.717, 1.165) is 36.9 Å². The summed E-state index contributed by atoms with van der Waals surface area (Å²) in [6.07, 6.45) is 9.55. The highest BCUT2D eigenvalue weighted by Gasteiger charge is 2.24. The van der Waals surface area contributed by atoms with Crippen molar-refractivity contribution in [2.75, 3.05) is 6.61 Å². The molecule has 0 bridgehead atoms. The molecule has 1 atom stereocenters. The molecular weight excluding hydrogens is 563 g/mol. The van der Waals surface area contributed by atoms with E-state index in [2.05, 4.69) is 27.4 Å². The van der Waals surface area contributed by atoms with Gasteiger partial charge in [-0.1, -0.05) is 41.4 Å². The number of amides is 1. The van der Waals surface area contributed by atoms with Crippen molar-refractivity contribution >= 4 is 35.1 Å². The fourth-order valence-corrected chi connectivity index (χ4v) is 5.62. The lowest BCUT2D eigenvalue weighted by Crippen LogP contribution is -2.42. The van der Waals surface area contributed by atoms with Gasteiger partial charge in [0.15, 0.2) is 0 Å². The monoisotopic (exact) mass is 592 g/mol. The molecule has 8 nitrogen and oxygen atoms in total. The number of halogens is 2. The van der Waals surface area contributed by atoms with Gasteiger partial charge in [-0.05, 0) is 80.0 Å². The van der Waals surface area contributed by atoms with E-state index in [1.807, 2.05) is 0 Å². The van der Waals surface area contributed by atoms with E-state index in [1.54, 1.807) is 42.6 Å². The minimum atomic E-state index is -1.18. The summed E-state index contributed by atoms with van der Waals surface area (Å²) >= 11 is 12.7. The lowest BCUT2D eigenvalue weighted by Gasteiger charge is -2.17. The summed E-state index contributed by atoms with van der Waals surface area (Å²) in [7, 11) is 0. The first-order valence-electron chi connectivity index (χ1n) is 13.6. The second-order valence-electron chi connectivity index (χ2n) is 10.1. The number of aromatic amines is 1. The van der Waals surface area contributed by atoms with Crippen LogP contribution in [0.4, 0.5) is 0 Å². The van der Waals surface area contributed by atoms with Crippen LogP contribution in [-0.4, -0.2) is 44.6 Å². The smallest absolute Gasteiger partial charge is 0.326 e. The maximum Gasteiger partial charge on any atom is 0.326 e. The molecule has 4 aromatic rings. The normalized spacial score (nSPS) is 13.3. The highest BCUT2D eigenvalue weighted by Crippen LogP contribution is 2.31. The molecule has 0 fully saturated rings. The molecule has 3 N–H and O–H groups in total. The van der Waals surface area contributed by atoms with Gasteiger partial charge in [0.2, 0.25) is 0 Å². The number of rotatable bonds is 11. The number of carboxylic acid groups (broad SMARTS) is 1. The summed E-state index contributed by atoms with van der Waals surface area (Å²) in [6, 6.07) is 13.5. The molecule has 212 valence electrons. The van der Waals surface area contributed by atoms with Crippen LogP contribution in [-0.2, 0) is 30.5 Å². The molecule has 0 spiro atoms. The molecule has 5 rings (SSSR count). The van der Waals surface area contributed by atoms with E-state index in [0.29, 0.717) is 23.6 Å². The van der Waals surface area contributed by atoms with Crippen LogP contribution in [0.15, 0.2) is 61.1 Å². The van der Waals surface area contributed by atoms with E-state index in [9.17, 15) is 14.7 Å². The summed E-state index contributed by atoms with van der Waals surface area (Å²) < 4.78 is 5.88. The number of hydrogen-bond donors (Lipinski definition) is 3.